The number of nitrogens with one attached hydrogen (secondary N) is 1. The summed E-state index contributed by atoms with van der Waals surface area (Å²) in [7, 11) is 3.27. The quantitative estimate of drug-likeness (QED) is 0.497. The van der Waals surface area contributed by atoms with Gasteiger partial charge in [-0.1, -0.05) is 0 Å². The Morgan fingerprint density at radius 3 is 2.47 bits per heavy atom. The van der Waals surface area contributed by atoms with Gasteiger partial charge in [0.25, 0.3) is 5.91 Å². The van der Waals surface area contributed by atoms with Crippen molar-refractivity contribution in [3.05, 3.63) is 66.1 Å². The van der Waals surface area contributed by atoms with E-state index in [-0.39, 0.29) is 17.0 Å². The molecule has 0 atom stereocenters. The van der Waals surface area contributed by atoms with E-state index in [4.69, 9.17) is 4.74 Å². The highest BCUT2D eigenvalue weighted by atomic mass is 16.5. The van der Waals surface area contributed by atoms with Crippen LogP contribution < -0.4 is 10.1 Å². The largest absolute Gasteiger partial charge is 0.497 e. The molecule has 2 aromatic carbocycles. The average Bonchev–Trinajstić information content (AvgIpc) is 3.36. The number of hydrogen-bond acceptors (Lipinski definition) is 5. The van der Waals surface area contributed by atoms with E-state index in [0.29, 0.717) is 33.5 Å². The van der Waals surface area contributed by atoms with Crippen molar-refractivity contribution in [2.24, 2.45) is 7.05 Å². The summed E-state index contributed by atoms with van der Waals surface area (Å²) in [5.41, 5.74) is 2.47. The predicted octanol–water partition coefficient (Wildman–Crippen LogP) is 3.66. The number of carboxylic acid groups (broad SMARTS) is 1. The SMILES string of the molecule is COc1ccc2c(c1)c(C(=O)Nc1cc(C(=O)O)cc(-c3cnn(C)c3)c1)cn2C(C)=O. The first-order valence-electron chi connectivity index (χ1n) is 9.65. The number of aromatic carboxylic acids is 1. The lowest BCUT2D eigenvalue weighted by Crippen LogP contribution is -2.13. The van der Waals surface area contributed by atoms with Gasteiger partial charge in [0.2, 0.25) is 5.91 Å². The summed E-state index contributed by atoms with van der Waals surface area (Å²) in [6, 6.07) is 9.66. The molecule has 9 heteroatoms. The molecule has 0 unspecified atom stereocenters. The van der Waals surface area contributed by atoms with Gasteiger partial charge in [-0.15, -0.1) is 0 Å². The number of benzene rings is 2. The number of nitrogens with zero attached hydrogens (tertiary/aromatic N) is 3. The summed E-state index contributed by atoms with van der Waals surface area (Å²) < 4.78 is 8.24. The number of carbonyl (C=O) groups excluding carboxylic acids is 2. The number of carbonyl (C=O) groups is 3. The number of methoxy groups -OCH3 is 1. The van der Waals surface area contributed by atoms with Gasteiger partial charge in [-0.2, -0.15) is 5.10 Å². The van der Waals surface area contributed by atoms with Crippen LogP contribution in [0.2, 0.25) is 0 Å². The predicted molar refractivity (Wildman–Crippen MR) is 118 cm³/mol. The van der Waals surface area contributed by atoms with Crippen LogP contribution in [-0.4, -0.2) is 44.3 Å². The molecule has 0 saturated heterocycles. The second-order valence-electron chi connectivity index (χ2n) is 7.28. The van der Waals surface area contributed by atoms with Gasteiger partial charge >= 0.3 is 5.97 Å². The third-order valence-corrected chi connectivity index (χ3v) is 5.07. The van der Waals surface area contributed by atoms with Gasteiger partial charge < -0.3 is 15.2 Å². The van der Waals surface area contributed by atoms with E-state index in [1.165, 1.54) is 36.9 Å². The van der Waals surface area contributed by atoms with E-state index in [1.54, 1.807) is 48.4 Å². The van der Waals surface area contributed by atoms with Crippen LogP contribution in [0.5, 0.6) is 5.75 Å². The van der Waals surface area contributed by atoms with E-state index in [1.807, 2.05) is 0 Å². The van der Waals surface area contributed by atoms with Gasteiger partial charge in [0, 0.05) is 43.0 Å². The van der Waals surface area contributed by atoms with Crippen molar-refractivity contribution < 1.29 is 24.2 Å². The normalized spacial score (nSPS) is 10.8. The van der Waals surface area contributed by atoms with Gasteiger partial charge in [-0.25, -0.2) is 4.79 Å². The van der Waals surface area contributed by atoms with Crippen LogP contribution in [0.1, 0.15) is 32.4 Å². The van der Waals surface area contributed by atoms with Crippen LogP contribution in [0.4, 0.5) is 5.69 Å². The van der Waals surface area contributed by atoms with Crippen LogP contribution in [0, 0.1) is 0 Å². The number of rotatable bonds is 5. The molecule has 32 heavy (non-hydrogen) atoms. The Morgan fingerprint density at radius 2 is 1.84 bits per heavy atom. The number of fused-ring (bicyclic) bond motifs is 1. The molecule has 0 aliphatic rings. The second-order valence-corrected chi connectivity index (χ2v) is 7.28. The van der Waals surface area contributed by atoms with Crippen LogP contribution in [-0.2, 0) is 7.05 Å². The minimum atomic E-state index is -1.12. The maximum absolute atomic E-state index is 13.2. The third kappa shape index (κ3) is 3.83. The summed E-state index contributed by atoms with van der Waals surface area (Å²) >= 11 is 0. The molecular weight excluding hydrogens is 412 g/mol. The monoisotopic (exact) mass is 432 g/mol. The molecular formula is C23H20N4O5. The lowest BCUT2D eigenvalue weighted by atomic mass is 10.0. The highest BCUT2D eigenvalue weighted by Crippen LogP contribution is 2.29. The van der Waals surface area contributed by atoms with E-state index in [2.05, 4.69) is 10.4 Å². The van der Waals surface area contributed by atoms with Crippen molar-refractivity contribution in [3.63, 3.8) is 0 Å². The Hall–Kier alpha value is -4.40. The van der Waals surface area contributed by atoms with E-state index >= 15 is 0 Å². The smallest absolute Gasteiger partial charge is 0.335 e. The third-order valence-electron chi connectivity index (χ3n) is 5.07. The maximum atomic E-state index is 13.2. The molecule has 0 aliphatic carbocycles. The highest BCUT2D eigenvalue weighted by molar-refractivity contribution is 6.15. The first-order valence-corrected chi connectivity index (χ1v) is 9.65. The number of aryl methyl sites for hydroxylation is 1. The molecule has 2 aromatic heterocycles. The molecule has 1 amide bonds. The number of aromatic nitrogens is 3. The van der Waals surface area contributed by atoms with Crippen molar-refractivity contribution in [1.82, 2.24) is 14.3 Å². The molecule has 0 fully saturated rings. The Kier molecular flexibility index (Phi) is 5.23. The fourth-order valence-corrected chi connectivity index (χ4v) is 3.54. The van der Waals surface area contributed by atoms with Crippen molar-refractivity contribution in [2.75, 3.05) is 12.4 Å². The van der Waals surface area contributed by atoms with Crippen molar-refractivity contribution in [3.8, 4) is 16.9 Å². The van der Waals surface area contributed by atoms with E-state index < -0.39 is 11.9 Å². The fourth-order valence-electron chi connectivity index (χ4n) is 3.54. The van der Waals surface area contributed by atoms with E-state index in [9.17, 15) is 19.5 Å². The first-order chi connectivity index (χ1) is 15.3. The van der Waals surface area contributed by atoms with Crippen molar-refractivity contribution in [1.29, 1.82) is 0 Å². The number of ether oxygens (including phenoxy) is 1. The molecule has 4 aromatic rings. The lowest BCUT2D eigenvalue weighted by molar-refractivity contribution is 0.0696. The Balaban J connectivity index is 1.77. The van der Waals surface area contributed by atoms with Gasteiger partial charge in [0.05, 0.1) is 30.0 Å². The number of amides is 1. The summed E-state index contributed by atoms with van der Waals surface area (Å²) in [5, 5.41) is 16.9. The second kappa shape index (κ2) is 8.03. The number of carboxylic acids is 1. The standard InChI is InChI=1S/C23H20N4O5/c1-13(28)27-12-20(19-9-18(32-3)4-5-21(19)27)22(29)25-17-7-14(6-15(8-17)23(30)31)16-10-24-26(2)11-16/h4-12H,1-3H3,(H,25,29)(H,30,31). The maximum Gasteiger partial charge on any atom is 0.335 e. The number of anilines is 1. The summed E-state index contributed by atoms with van der Waals surface area (Å²) in [5.74, 6) is -1.31. The van der Waals surface area contributed by atoms with Crippen LogP contribution in [0.3, 0.4) is 0 Å². The highest BCUT2D eigenvalue weighted by Gasteiger charge is 2.19. The van der Waals surface area contributed by atoms with Crippen LogP contribution in [0.15, 0.2) is 55.0 Å². The minimum Gasteiger partial charge on any atom is -0.497 e. The molecule has 0 bridgehead atoms. The van der Waals surface area contributed by atoms with Crippen LogP contribution in [0.25, 0.3) is 22.0 Å². The fraction of sp³-hybridized carbons (Fsp3) is 0.130. The average molecular weight is 432 g/mol. The molecule has 0 aliphatic heterocycles. The Labute approximate surface area is 182 Å². The molecule has 0 spiro atoms. The van der Waals surface area contributed by atoms with Gasteiger partial charge in [0.1, 0.15) is 5.75 Å². The molecule has 4 rings (SSSR count). The zero-order valence-corrected chi connectivity index (χ0v) is 17.6. The number of hydrogen-bond donors (Lipinski definition) is 2. The summed E-state index contributed by atoms with van der Waals surface area (Å²) in [6.07, 6.45) is 4.82. The molecule has 2 heterocycles. The van der Waals surface area contributed by atoms with E-state index in [0.717, 1.165) is 0 Å². The topological polar surface area (TPSA) is 115 Å². The minimum absolute atomic E-state index is 0.0227. The van der Waals surface area contributed by atoms with Crippen LogP contribution >= 0.6 is 0 Å². The Bertz CT molecular complexity index is 1380. The molecule has 0 saturated carbocycles. The van der Waals surface area contributed by atoms with Gasteiger partial charge in [-0.3, -0.25) is 18.8 Å². The zero-order chi connectivity index (χ0) is 23.0. The molecule has 2 N–H and O–H groups in total. The molecule has 162 valence electrons. The van der Waals surface area contributed by atoms with Gasteiger partial charge in [-0.05, 0) is 42.0 Å². The van der Waals surface area contributed by atoms with Crippen molar-refractivity contribution >= 4 is 34.4 Å². The molecule has 0 radical (unpaired) electrons. The van der Waals surface area contributed by atoms with Crippen molar-refractivity contribution in [2.45, 2.75) is 6.92 Å². The summed E-state index contributed by atoms with van der Waals surface area (Å²) in [4.78, 5) is 36.8. The zero-order valence-electron chi connectivity index (χ0n) is 17.6. The van der Waals surface area contributed by atoms with Gasteiger partial charge in [0.15, 0.2) is 0 Å². The first kappa shape index (κ1) is 20.9. The summed E-state index contributed by atoms with van der Waals surface area (Å²) in [6.45, 7) is 1.40. The molecule has 9 nitrogen and oxygen atoms in total. The lowest BCUT2D eigenvalue weighted by Gasteiger charge is -2.09. The Morgan fingerprint density at radius 1 is 1.06 bits per heavy atom.